The molecule has 0 fully saturated rings. The molecule has 3 aromatic rings. The van der Waals surface area contributed by atoms with E-state index in [-0.39, 0.29) is 17.7 Å². The van der Waals surface area contributed by atoms with E-state index in [4.69, 9.17) is 26.2 Å². The fraction of sp³-hybridized carbons (Fsp3) is 0.0800. The van der Waals surface area contributed by atoms with Crippen LogP contribution in [0.5, 0.6) is 11.5 Å². The molecule has 0 aliphatic heterocycles. The maximum atomic E-state index is 12.5. The third-order valence-electron chi connectivity index (χ3n) is 4.58. The number of ether oxygens (including phenoxy) is 2. The van der Waals surface area contributed by atoms with Crippen LogP contribution in [0.1, 0.15) is 21.5 Å². The van der Waals surface area contributed by atoms with Gasteiger partial charge in [-0.15, -0.1) is 0 Å². The maximum absolute atomic E-state index is 12.5. The number of methoxy groups -OCH3 is 1. The van der Waals surface area contributed by atoms with Crippen LogP contribution in [0.25, 0.3) is 6.08 Å². The lowest BCUT2D eigenvalue weighted by molar-refractivity contribution is -0.112. The molecule has 0 saturated carbocycles. The van der Waals surface area contributed by atoms with Crippen molar-refractivity contribution >= 4 is 35.2 Å². The van der Waals surface area contributed by atoms with Crippen LogP contribution >= 0.6 is 11.6 Å². The molecule has 3 aromatic carbocycles. The van der Waals surface area contributed by atoms with Crippen molar-refractivity contribution in [2.75, 3.05) is 12.4 Å². The zero-order chi connectivity index (χ0) is 23.8. The summed E-state index contributed by atoms with van der Waals surface area (Å²) in [6.45, 7) is 0.197. The highest BCUT2D eigenvalue weighted by molar-refractivity contribution is 6.32. The summed E-state index contributed by atoms with van der Waals surface area (Å²) in [6, 6.07) is 19.8. The highest BCUT2D eigenvalue weighted by Crippen LogP contribution is 2.27. The van der Waals surface area contributed by atoms with E-state index < -0.39 is 11.9 Å². The van der Waals surface area contributed by atoms with Crippen LogP contribution in [-0.4, -0.2) is 24.1 Å². The predicted molar refractivity (Wildman–Crippen MR) is 124 cm³/mol. The van der Waals surface area contributed by atoms with E-state index >= 15 is 0 Å². The van der Waals surface area contributed by atoms with Gasteiger partial charge in [0.15, 0.2) is 0 Å². The summed E-state index contributed by atoms with van der Waals surface area (Å²) in [7, 11) is 1.55. The Morgan fingerprint density at radius 3 is 2.36 bits per heavy atom. The zero-order valence-electron chi connectivity index (χ0n) is 17.5. The van der Waals surface area contributed by atoms with Crippen molar-refractivity contribution in [1.82, 2.24) is 0 Å². The summed E-state index contributed by atoms with van der Waals surface area (Å²) < 4.78 is 10.8. The number of nitrogens with zero attached hydrogens (tertiary/aromatic N) is 1. The molecule has 0 heterocycles. The number of amides is 1. The minimum atomic E-state index is -0.997. The molecule has 0 saturated heterocycles. The Kier molecular flexibility index (Phi) is 7.68. The molecule has 0 unspecified atom stereocenters. The number of rotatable bonds is 8. The number of carboxylic acids is 1. The van der Waals surface area contributed by atoms with Crippen LogP contribution in [0.2, 0.25) is 5.02 Å². The van der Waals surface area contributed by atoms with Gasteiger partial charge in [0.25, 0.3) is 5.91 Å². The van der Waals surface area contributed by atoms with Gasteiger partial charge in [-0.2, -0.15) is 5.26 Å². The van der Waals surface area contributed by atoms with E-state index in [0.717, 1.165) is 5.56 Å². The Hall–Kier alpha value is -4.28. The van der Waals surface area contributed by atoms with Crippen LogP contribution in [0, 0.1) is 11.3 Å². The summed E-state index contributed by atoms with van der Waals surface area (Å²) in [5.41, 5.74) is 1.97. The molecule has 166 valence electrons. The van der Waals surface area contributed by atoms with E-state index in [0.29, 0.717) is 27.8 Å². The Labute approximate surface area is 195 Å². The first-order valence-electron chi connectivity index (χ1n) is 9.71. The summed E-state index contributed by atoms with van der Waals surface area (Å²) in [6.07, 6.45) is 1.43. The van der Waals surface area contributed by atoms with Gasteiger partial charge in [0.2, 0.25) is 0 Å². The maximum Gasteiger partial charge on any atom is 0.335 e. The van der Waals surface area contributed by atoms with Crippen LogP contribution in [0.3, 0.4) is 0 Å². The van der Waals surface area contributed by atoms with Crippen molar-refractivity contribution in [3.8, 4) is 17.6 Å². The Morgan fingerprint density at radius 2 is 1.79 bits per heavy atom. The van der Waals surface area contributed by atoms with Gasteiger partial charge < -0.3 is 19.9 Å². The molecular formula is C25H19ClN2O5. The quantitative estimate of drug-likeness (QED) is 0.353. The van der Waals surface area contributed by atoms with Crippen molar-refractivity contribution in [3.05, 3.63) is 94.0 Å². The van der Waals surface area contributed by atoms with Gasteiger partial charge >= 0.3 is 5.97 Å². The second-order valence-corrected chi connectivity index (χ2v) is 7.24. The number of nitriles is 1. The lowest BCUT2D eigenvalue weighted by atomic mass is 10.1. The number of halogens is 1. The predicted octanol–water partition coefficient (Wildman–Crippen LogP) is 5.17. The number of carboxylic acid groups (broad SMARTS) is 1. The van der Waals surface area contributed by atoms with Crippen molar-refractivity contribution in [2.45, 2.75) is 6.61 Å². The molecular weight excluding hydrogens is 444 g/mol. The first-order chi connectivity index (χ1) is 15.9. The second kappa shape index (κ2) is 10.8. The second-order valence-electron chi connectivity index (χ2n) is 6.83. The molecule has 0 atom stereocenters. The van der Waals surface area contributed by atoms with Gasteiger partial charge in [0, 0.05) is 5.69 Å². The van der Waals surface area contributed by atoms with Crippen molar-refractivity contribution in [1.29, 1.82) is 5.26 Å². The summed E-state index contributed by atoms with van der Waals surface area (Å²) in [5.74, 6) is -0.483. The molecule has 0 aliphatic rings. The van der Waals surface area contributed by atoms with Gasteiger partial charge in [-0.05, 0) is 65.7 Å². The molecule has 0 aliphatic carbocycles. The van der Waals surface area contributed by atoms with E-state index in [1.807, 2.05) is 6.07 Å². The molecule has 0 radical (unpaired) electrons. The Morgan fingerprint density at radius 1 is 1.09 bits per heavy atom. The van der Waals surface area contributed by atoms with Gasteiger partial charge in [-0.25, -0.2) is 4.79 Å². The smallest absolute Gasteiger partial charge is 0.335 e. The third-order valence-corrected chi connectivity index (χ3v) is 4.87. The van der Waals surface area contributed by atoms with Crippen molar-refractivity contribution in [2.24, 2.45) is 0 Å². The largest absolute Gasteiger partial charge is 0.497 e. The first kappa shape index (κ1) is 23.4. The number of anilines is 1. The van der Waals surface area contributed by atoms with Crippen LogP contribution in [0.15, 0.2) is 72.3 Å². The van der Waals surface area contributed by atoms with E-state index in [9.17, 15) is 14.9 Å². The number of aromatic carboxylic acids is 1. The Balaban J connectivity index is 1.67. The summed E-state index contributed by atoms with van der Waals surface area (Å²) >= 11 is 6.30. The highest BCUT2D eigenvalue weighted by atomic mass is 35.5. The molecule has 2 N–H and O–H groups in total. The SMILES string of the molecule is COc1ccc(NC(=O)/C(C#N)=C/c2ccc(OCc3ccc(C(=O)O)cc3)c(Cl)c2)cc1. The zero-order valence-corrected chi connectivity index (χ0v) is 18.3. The molecule has 0 spiro atoms. The van der Waals surface area contributed by atoms with Crippen molar-refractivity contribution in [3.63, 3.8) is 0 Å². The molecule has 0 bridgehead atoms. The normalized spacial score (nSPS) is 10.8. The van der Waals surface area contributed by atoms with E-state index in [1.54, 1.807) is 61.7 Å². The summed E-state index contributed by atoms with van der Waals surface area (Å²) in [5, 5.41) is 21.3. The number of hydrogen-bond donors (Lipinski definition) is 2. The Bertz CT molecular complexity index is 1230. The number of benzene rings is 3. The molecule has 1 amide bonds. The number of carbonyl (C=O) groups excluding carboxylic acids is 1. The summed E-state index contributed by atoms with van der Waals surface area (Å²) in [4.78, 5) is 23.4. The van der Waals surface area contributed by atoms with Gasteiger partial charge in [-0.3, -0.25) is 4.79 Å². The lowest BCUT2D eigenvalue weighted by Gasteiger charge is -2.09. The topological polar surface area (TPSA) is 109 Å². The van der Waals surface area contributed by atoms with Crippen LogP contribution in [0.4, 0.5) is 5.69 Å². The van der Waals surface area contributed by atoms with Crippen LogP contribution in [-0.2, 0) is 11.4 Å². The molecule has 33 heavy (non-hydrogen) atoms. The van der Waals surface area contributed by atoms with Crippen LogP contribution < -0.4 is 14.8 Å². The highest BCUT2D eigenvalue weighted by Gasteiger charge is 2.11. The molecule has 0 aromatic heterocycles. The minimum Gasteiger partial charge on any atom is -0.497 e. The van der Waals surface area contributed by atoms with Gasteiger partial charge in [-0.1, -0.05) is 29.8 Å². The lowest BCUT2D eigenvalue weighted by Crippen LogP contribution is -2.13. The van der Waals surface area contributed by atoms with Gasteiger partial charge in [0.1, 0.15) is 29.7 Å². The molecule has 3 rings (SSSR count). The average Bonchev–Trinajstić information content (AvgIpc) is 2.82. The van der Waals surface area contributed by atoms with Crippen molar-refractivity contribution < 1.29 is 24.2 Å². The van der Waals surface area contributed by atoms with Gasteiger partial charge in [0.05, 0.1) is 17.7 Å². The molecule has 8 heteroatoms. The first-order valence-corrected chi connectivity index (χ1v) is 10.1. The third kappa shape index (κ3) is 6.35. The van der Waals surface area contributed by atoms with E-state index in [1.165, 1.54) is 18.2 Å². The number of hydrogen-bond acceptors (Lipinski definition) is 5. The fourth-order valence-electron chi connectivity index (χ4n) is 2.82. The minimum absolute atomic E-state index is 0.0888. The molecule has 7 nitrogen and oxygen atoms in total. The average molecular weight is 463 g/mol. The fourth-order valence-corrected chi connectivity index (χ4v) is 3.06. The monoisotopic (exact) mass is 462 g/mol. The van der Waals surface area contributed by atoms with E-state index in [2.05, 4.69) is 5.32 Å². The standard InChI is InChI=1S/C25H19ClN2O5/c1-32-21-9-7-20(8-10-21)28-24(29)19(14-27)12-17-4-11-23(22(26)13-17)33-15-16-2-5-18(6-3-16)25(30)31/h2-13H,15H2,1H3,(H,28,29)(H,30,31)/b19-12+. The number of nitrogens with one attached hydrogen (secondary N) is 1. The number of carbonyl (C=O) groups is 2.